The first-order valence-corrected chi connectivity index (χ1v) is 17.5. The molecule has 0 rings (SSSR count). The Morgan fingerprint density at radius 1 is 0.510 bits per heavy atom. The summed E-state index contributed by atoms with van der Waals surface area (Å²) in [5.41, 5.74) is 5.75. The Morgan fingerprint density at radius 2 is 0.837 bits per heavy atom. The van der Waals surface area contributed by atoms with Gasteiger partial charge in [0.2, 0.25) is 11.8 Å². The molecular weight excluding hydrogens is 646 g/mol. The van der Waals surface area contributed by atoms with Crippen molar-refractivity contribution in [3.8, 4) is 0 Å². The minimum atomic E-state index is -0.835. The molecule has 16 nitrogen and oxygen atoms in total. The largest absolute Gasteiger partial charge is 0.464 e. The van der Waals surface area contributed by atoms with E-state index in [0.29, 0.717) is 112 Å². The molecule has 0 bridgehead atoms. The Hall–Kier alpha value is -1.99. The van der Waals surface area contributed by atoms with E-state index in [1.807, 2.05) is 13.8 Å². The number of carbonyl (C=O) groups is 3. The van der Waals surface area contributed by atoms with Crippen molar-refractivity contribution in [3.05, 3.63) is 0 Å². The lowest BCUT2D eigenvalue weighted by atomic mass is 10.1. The molecule has 0 radical (unpaired) electrons. The van der Waals surface area contributed by atoms with Crippen LogP contribution in [0.15, 0.2) is 0 Å². The molecule has 290 valence electrons. The van der Waals surface area contributed by atoms with Gasteiger partial charge in [-0.3, -0.25) is 14.4 Å². The average Bonchev–Trinajstić information content (AvgIpc) is 3.09. The molecular formula is C33H65N3O13. The molecule has 0 fully saturated rings. The van der Waals surface area contributed by atoms with Crippen molar-refractivity contribution in [2.45, 2.75) is 52.5 Å². The topological polar surface area (TPSA) is 194 Å². The average molecular weight is 712 g/mol. The molecule has 0 aliphatic heterocycles. The van der Waals surface area contributed by atoms with Gasteiger partial charge in [0.15, 0.2) is 0 Å². The predicted octanol–water partition coefficient (Wildman–Crippen LogP) is 0.475. The zero-order valence-corrected chi connectivity index (χ0v) is 30.2. The number of nitrogens with two attached hydrogens (primary N) is 1. The van der Waals surface area contributed by atoms with Crippen LogP contribution in [0.5, 0.6) is 0 Å². The highest BCUT2D eigenvalue weighted by atomic mass is 16.6. The van der Waals surface area contributed by atoms with E-state index >= 15 is 0 Å². The fraction of sp³-hybridized carbons (Fsp3) is 0.909. The quantitative estimate of drug-likeness (QED) is 0.0591. The summed E-state index contributed by atoms with van der Waals surface area (Å²) >= 11 is 0. The molecule has 16 heteroatoms. The monoisotopic (exact) mass is 711 g/mol. The molecule has 0 aliphatic rings. The zero-order valence-electron chi connectivity index (χ0n) is 30.2. The van der Waals surface area contributed by atoms with Gasteiger partial charge in [0.05, 0.1) is 119 Å². The molecule has 0 aromatic heterocycles. The lowest BCUT2D eigenvalue weighted by Gasteiger charge is -2.13. The molecule has 1 atom stereocenters. The predicted molar refractivity (Wildman–Crippen MR) is 181 cm³/mol. The smallest absolute Gasteiger partial charge is 0.322 e. The van der Waals surface area contributed by atoms with Gasteiger partial charge in [0.1, 0.15) is 6.04 Å². The van der Waals surface area contributed by atoms with Crippen LogP contribution < -0.4 is 16.4 Å². The highest BCUT2D eigenvalue weighted by Gasteiger charge is 2.17. The molecule has 0 heterocycles. The van der Waals surface area contributed by atoms with Crippen LogP contribution in [0.3, 0.4) is 0 Å². The first kappa shape index (κ1) is 47.0. The first-order chi connectivity index (χ1) is 23.9. The number of rotatable bonds is 38. The van der Waals surface area contributed by atoms with E-state index in [4.69, 9.17) is 53.1 Å². The molecule has 4 N–H and O–H groups in total. The van der Waals surface area contributed by atoms with Gasteiger partial charge >= 0.3 is 5.97 Å². The van der Waals surface area contributed by atoms with Crippen LogP contribution in [0.25, 0.3) is 0 Å². The molecule has 0 aromatic rings. The van der Waals surface area contributed by atoms with E-state index in [1.165, 1.54) is 0 Å². The highest BCUT2D eigenvalue weighted by Crippen LogP contribution is 2.00. The van der Waals surface area contributed by atoms with Crippen molar-refractivity contribution < 1.29 is 61.8 Å². The van der Waals surface area contributed by atoms with Crippen LogP contribution in [0, 0.1) is 5.92 Å². The van der Waals surface area contributed by atoms with Gasteiger partial charge in [-0.25, -0.2) is 0 Å². The molecule has 0 aromatic carbocycles. The Kier molecular flexibility index (Phi) is 35.8. The van der Waals surface area contributed by atoms with Crippen molar-refractivity contribution in [2.24, 2.45) is 11.7 Å². The van der Waals surface area contributed by atoms with Gasteiger partial charge in [0.25, 0.3) is 0 Å². The van der Waals surface area contributed by atoms with E-state index in [2.05, 4.69) is 17.6 Å². The van der Waals surface area contributed by atoms with E-state index in [-0.39, 0.29) is 56.7 Å². The van der Waals surface area contributed by atoms with Crippen LogP contribution >= 0.6 is 0 Å². The molecule has 0 spiro atoms. The Bertz CT molecular complexity index is 765. The summed E-state index contributed by atoms with van der Waals surface area (Å²) in [6.45, 7) is 15.7. The fourth-order valence-electron chi connectivity index (χ4n) is 3.51. The van der Waals surface area contributed by atoms with E-state index < -0.39 is 12.0 Å². The summed E-state index contributed by atoms with van der Waals surface area (Å²) in [5.74, 6) is -0.717. The van der Waals surface area contributed by atoms with Crippen LogP contribution in [-0.2, 0) is 61.8 Å². The highest BCUT2D eigenvalue weighted by molar-refractivity contribution is 5.79. The van der Waals surface area contributed by atoms with Gasteiger partial charge in [-0.2, -0.15) is 0 Å². The second-order valence-corrected chi connectivity index (χ2v) is 11.1. The molecule has 0 unspecified atom stereocenters. The van der Waals surface area contributed by atoms with Crippen molar-refractivity contribution >= 4 is 17.8 Å². The Morgan fingerprint density at radius 3 is 1.18 bits per heavy atom. The number of hydrogen-bond acceptors (Lipinski definition) is 14. The zero-order chi connectivity index (χ0) is 36.0. The Balaban J connectivity index is 3.29. The van der Waals surface area contributed by atoms with Crippen molar-refractivity contribution in [1.29, 1.82) is 0 Å². The molecule has 0 saturated heterocycles. The SMILES string of the molecule is CCCOCCOCCOCCOCCOCCOCCOCCOCCOCCC(=O)NCCNC(=O)CC[C@H](N)C(=O)OCC(C)C. The van der Waals surface area contributed by atoms with E-state index in [1.54, 1.807) is 0 Å². The summed E-state index contributed by atoms with van der Waals surface area (Å²) < 4.78 is 53.9. The van der Waals surface area contributed by atoms with E-state index in [0.717, 1.165) is 13.0 Å². The summed E-state index contributed by atoms with van der Waals surface area (Å²) in [4.78, 5) is 35.5. The summed E-state index contributed by atoms with van der Waals surface area (Å²) in [7, 11) is 0. The third-order valence-electron chi connectivity index (χ3n) is 6.11. The van der Waals surface area contributed by atoms with Crippen LogP contribution in [-0.4, -0.2) is 162 Å². The summed E-state index contributed by atoms with van der Waals surface area (Å²) in [6, 6.07) is -0.835. The third kappa shape index (κ3) is 37.1. The second-order valence-electron chi connectivity index (χ2n) is 11.1. The van der Waals surface area contributed by atoms with Crippen molar-refractivity contribution in [1.82, 2.24) is 10.6 Å². The standard InChI is InChI=1S/C33H65N3O13/c1-4-10-40-12-14-42-16-18-44-20-22-46-24-26-48-27-25-47-23-21-45-19-17-43-15-13-41-11-7-32(38)36-9-8-35-31(37)6-5-30(34)33(39)49-28-29(2)3/h29-30H,4-28,34H2,1-3H3,(H,35,37)(H,36,38)/t30-/m0/s1. The summed E-state index contributed by atoms with van der Waals surface area (Å²) in [5, 5.41) is 5.39. The van der Waals surface area contributed by atoms with Gasteiger partial charge in [-0.15, -0.1) is 0 Å². The minimum Gasteiger partial charge on any atom is -0.464 e. The maximum Gasteiger partial charge on any atom is 0.322 e. The lowest BCUT2D eigenvalue weighted by molar-refractivity contribution is -0.146. The number of nitrogens with one attached hydrogen (secondary N) is 2. The summed E-state index contributed by atoms with van der Waals surface area (Å²) in [6.07, 6.45) is 1.51. The first-order valence-electron chi connectivity index (χ1n) is 17.5. The fourth-order valence-corrected chi connectivity index (χ4v) is 3.51. The maximum atomic E-state index is 11.9. The molecule has 0 aliphatic carbocycles. The number of carbonyl (C=O) groups excluding carboxylic acids is 3. The van der Waals surface area contributed by atoms with E-state index in [9.17, 15) is 14.4 Å². The van der Waals surface area contributed by atoms with Crippen LogP contribution in [0.1, 0.15) is 46.5 Å². The molecule has 49 heavy (non-hydrogen) atoms. The normalized spacial score (nSPS) is 11.9. The van der Waals surface area contributed by atoms with Gasteiger partial charge in [0, 0.05) is 32.5 Å². The Labute approximate surface area is 292 Å². The molecule has 2 amide bonds. The van der Waals surface area contributed by atoms with Crippen molar-refractivity contribution in [3.63, 3.8) is 0 Å². The van der Waals surface area contributed by atoms with Crippen LogP contribution in [0.2, 0.25) is 0 Å². The second kappa shape index (κ2) is 37.3. The number of esters is 1. The number of ether oxygens (including phenoxy) is 10. The van der Waals surface area contributed by atoms with Gasteiger partial charge in [-0.05, 0) is 18.8 Å². The third-order valence-corrected chi connectivity index (χ3v) is 6.11. The lowest BCUT2D eigenvalue weighted by Crippen LogP contribution is -2.37. The van der Waals surface area contributed by atoms with Gasteiger partial charge < -0.3 is 63.7 Å². The maximum absolute atomic E-state index is 11.9. The van der Waals surface area contributed by atoms with Gasteiger partial charge in [-0.1, -0.05) is 20.8 Å². The number of amides is 2. The minimum absolute atomic E-state index is 0.0994. The van der Waals surface area contributed by atoms with Crippen LogP contribution in [0.4, 0.5) is 0 Å². The van der Waals surface area contributed by atoms with Crippen molar-refractivity contribution in [2.75, 3.05) is 139 Å². The number of hydrogen-bond donors (Lipinski definition) is 3. The molecule has 0 saturated carbocycles.